The van der Waals surface area contributed by atoms with Crippen LogP contribution in [0.15, 0.2) is 18.2 Å². The Morgan fingerprint density at radius 2 is 2.26 bits per heavy atom. The van der Waals surface area contributed by atoms with E-state index in [1.165, 1.54) is 6.07 Å². The summed E-state index contributed by atoms with van der Waals surface area (Å²) in [5.41, 5.74) is 1.30. The third-order valence-electron chi connectivity index (χ3n) is 4.14. The fourth-order valence-electron chi connectivity index (χ4n) is 2.74. The molecule has 0 aromatic heterocycles. The number of hydrogen-bond donors (Lipinski definition) is 2. The molecule has 0 aliphatic carbocycles. The number of ether oxygens (including phenoxy) is 1. The number of carbonyl (C=O) groups excluding carboxylic acids is 1. The molecular weight excluding hydrogens is 299 g/mol. The number of aliphatic hydroxyl groups is 1. The second kappa shape index (κ2) is 7.75. The number of carbonyl (C=O) groups is 1. The number of hydrogen-bond acceptors (Lipinski definition) is 3. The van der Waals surface area contributed by atoms with Crippen LogP contribution in [-0.2, 0) is 4.74 Å². The van der Waals surface area contributed by atoms with E-state index in [2.05, 4.69) is 5.32 Å². The van der Waals surface area contributed by atoms with Crippen molar-refractivity contribution in [3.05, 3.63) is 35.1 Å². The van der Waals surface area contributed by atoms with Crippen LogP contribution in [0.2, 0.25) is 0 Å². The molecule has 1 heterocycles. The van der Waals surface area contributed by atoms with Crippen LogP contribution >= 0.6 is 0 Å². The lowest BCUT2D eigenvalue weighted by Gasteiger charge is -2.37. The van der Waals surface area contributed by atoms with Crippen molar-refractivity contribution in [1.82, 2.24) is 10.2 Å². The van der Waals surface area contributed by atoms with Crippen LogP contribution in [0.5, 0.6) is 0 Å². The van der Waals surface area contributed by atoms with Gasteiger partial charge in [-0.3, -0.25) is 0 Å². The van der Waals surface area contributed by atoms with Gasteiger partial charge in [0, 0.05) is 6.54 Å². The van der Waals surface area contributed by atoms with E-state index in [1.807, 2.05) is 13.0 Å². The maximum absolute atomic E-state index is 13.7. The summed E-state index contributed by atoms with van der Waals surface area (Å²) < 4.78 is 19.1. The molecule has 0 unspecified atom stereocenters. The minimum Gasteiger partial charge on any atom is -0.393 e. The fourth-order valence-corrected chi connectivity index (χ4v) is 2.74. The molecule has 0 bridgehead atoms. The average Bonchev–Trinajstić information content (AvgIpc) is 2.49. The van der Waals surface area contributed by atoms with Crippen LogP contribution in [0.4, 0.5) is 9.18 Å². The van der Waals surface area contributed by atoms with E-state index < -0.39 is 6.10 Å². The molecule has 1 aliphatic heterocycles. The second-order valence-corrected chi connectivity index (χ2v) is 6.19. The van der Waals surface area contributed by atoms with Gasteiger partial charge < -0.3 is 20.1 Å². The first-order valence-electron chi connectivity index (χ1n) is 7.97. The zero-order valence-corrected chi connectivity index (χ0v) is 13.9. The molecule has 3 atom stereocenters. The molecule has 2 rings (SSSR count). The van der Waals surface area contributed by atoms with Crippen LogP contribution in [0, 0.1) is 12.7 Å². The molecule has 128 valence electrons. The molecule has 1 aliphatic rings. The molecular formula is C17H25FN2O3. The molecule has 1 aromatic rings. The summed E-state index contributed by atoms with van der Waals surface area (Å²) in [5, 5.41) is 12.5. The Bertz CT molecular complexity index is 551. The molecule has 5 nitrogen and oxygen atoms in total. The highest BCUT2D eigenvalue weighted by atomic mass is 19.1. The highest BCUT2D eigenvalue weighted by Crippen LogP contribution is 2.18. The smallest absolute Gasteiger partial charge is 0.318 e. The van der Waals surface area contributed by atoms with Gasteiger partial charge in [-0.05, 0) is 44.4 Å². The van der Waals surface area contributed by atoms with Gasteiger partial charge >= 0.3 is 6.03 Å². The molecule has 0 saturated carbocycles. The Labute approximate surface area is 136 Å². The Balaban J connectivity index is 2.02. The van der Waals surface area contributed by atoms with Crippen LogP contribution in [0.25, 0.3) is 0 Å². The largest absolute Gasteiger partial charge is 0.393 e. The second-order valence-electron chi connectivity index (χ2n) is 6.19. The number of urea groups is 1. The number of aryl methyl sites for hydroxylation is 1. The van der Waals surface area contributed by atoms with Crippen molar-refractivity contribution in [2.24, 2.45) is 0 Å². The van der Waals surface area contributed by atoms with Gasteiger partial charge in [0.2, 0.25) is 0 Å². The van der Waals surface area contributed by atoms with E-state index in [1.54, 1.807) is 24.8 Å². The zero-order valence-electron chi connectivity index (χ0n) is 13.9. The number of morpholine rings is 1. The lowest BCUT2D eigenvalue weighted by molar-refractivity contribution is -0.00474. The van der Waals surface area contributed by atoms with Gasteiger partial charge in [-0.1, -0.05) is 12.1 Å². The van der Waals surface area contributed by atoms with Gasteiger partial charge in [-0.15, -0.1) is 0 Å². The van der Waals surface area contributed by atoms with Crippen molar-refractivity contribution in [2.45, 2.75) is 45.4 Å². The fraction of sp³-hybridized carbons (Fsp3) is 0.588. The van der Waals surface area contributed by atoms with Crippen molar-refractivity contribution in [2.75, 3.05) is 19.8 Å². The lowest BCUT2D eigenvalue weighted by atomic mass is 10.1. The maximum atomic E-state index is 13.7. The first-order valence-corrected chi connectivity index (χ1v) is 7.97. The number of aliphatic hydroxyl groups excluding tert-OH is 1. The predicted molar refractivity (Wildman–Crippen MR) is 85.7 cm³/mol. The SMILES string of the molecule is Cc1ccc([C@H](C)NC(=O)N2CCOC[C@H]2C[C@@H](C)O)cc1F. The van der Waals surface area contributed by atoms with E-state index in [4.69, 9.17) is 4.74 Å². The van der Waals surface area contributed by atoms with E-state index in [9.17, 15) is 14.3 Å². The van der Waals surface area contributed by atoms with Gasteiger partial charge in [-0.25, -0.2) is 9.18 Å². The summed E-state index contributed by atoms with van der Waals surface area (Å²) in [6.07, 6.45) is -0.0263. The molecule has 6 heteroatoms. The van der Waals surface area contributed by atoms with Gasteiger partial charge in [0.15, 0.2) is 0 Å². The van der Waals surface area contributed by atoms with E-state index >= 15 is 0 Å². The van der Waals surface area contributed by atoms with Crippen molar-refractivity contribution in [1.29, 1.82) is 0 Å². The lowest BCUT2D eigenvalue weighted by Crippen LogP contribution is -2.53. The topological polar surface area (TPSA) is 61.8 Å². The third kappa shape index (κ3) is 4.65. The van der Waals surface area contributed by atoms with Crippen molar-refractivity contribution in [3.8, 4) is 0 Å². The van der Waals surface area contributed by atoms with Gasteiger partial charge in [0.05, 0.1) is 31.4 Å². The van der Waals surface area contributed by atoms with Crippen molar-refractivity contribution in [3.63, 3.8) is 0 Å². The summed E-state index contributed by atoms with van der Waals surface area (Å²) in [7, 11) is 0. The molecule has 1 aromatic carbocycles. The van der Waals surface area contributed by atoms with Crippen LogP contribution in [-0.4, -0.2) is 47.9 Å². The highest BCUT2D eigenvalue weighted by Gasteiger charge is 2.29. The summed E-state index contributed by atoms with van der Waals surface area (Å²) in [6.45, 7) is 6.62. The van der Waals surface area contributed by atoms with Gasteiger partial charge in [-0.2, -0.15) is 0 Å². The van der Waals surface area contributed by atoms with E-state index in [0.29, 0.717) is 31.7 Å². The number of amides is 2. The third-order valence-corrected chi connectivity index (χ3v) is 4.14. The number of halogens is 1. The Morgan fingerprint density at radius 3 is 2.91 bits per heavy atom. The Hall–Kier alpha value is -1.66. The number of nitrogens with one attached hydrogen (secondary N) is 1. The van der Waals surface area contributed by atoms with Gasteiger partial charge in [0.25, 0.3) is 0 Å². The van der Waals surface area contributed by atoms with Crippen LogP contribution < -0.4 is 5.32 Å². The predicted octanol–water partition coefficient (Wildman–Crippen LogP) is 2.38. The summed E-state index contributed by atoms with van der Waals surface area (Å²) in [5.74, 6) is -0.276. The molecule has 23 heavy (non-hydrogen) atoms. The standard InChI is InChI=1S/C17H25FN2O3/c1-11-4-5-14(9-16(11)18)13(3)19-17(22)20-6-7-23-10-15(20)8-12(2)21/h4-5,9,12-13,15,21H,6-8,10H2,1-3H3,(H,19,22)/t12-,13+,15-/m1/s1. The summed E-state index contributed by atoms with van der Waals surface area (Å²) in [4.78, 5) is 14.2. The Kier molecular flexibility index (Phi) is 5.96. The molecule has 2 N–H and O–H groups in total. The Morgan fingerprint density at radius 1 is 1.52 bits per heavy atom. The summed E-state index contributed by atoms with van der Waals surface area (Å²) >= 11 is 0. The van der Waals surface area contributed by atoms with Gasteiger partial charge in [0.1, 0.15) is 5.82 Å². The molecule has 1 fully saturated rings. The minimum atomic E-state index is -0.499. The number of nitrogens with zero attached hydrogens (tertiary/aromatic N) is 1. The van der Waals surface area contributed by atoms with Crippen LogP contribution in [0.1, 0.15) is 37.4 Å². The monoisotopic (exact) mass is 324 g/mol. The van der Waals surface area contributed by atoms with E-state index in [-0.39, 0.29) is 23.9 Å². The normalized spacial score (nSPS) is 20.9. The maximum Gasteiger partial charge on any atom is 0.318 e. The highest BCUT2D eigenvalue weighted by molar-refractivity contribution is 5.75. The van der Waals surface area contributed by atoms with Crippen molar-refractivity contribution < 1.29 is 19.0 Å². The first kappa shape index (κ1) is 17.7. The minimum absolute atomic E-state index is 0.147. The first-order chi connectivity index (χ1) is 10.9. The molecule has 0 spiro atoms. The average molecular weight is 324 g/mol. The van der Waals surface area contributed by atoms with Crippen LogP contribution in [0.3, 0.4) is 0 Å². The number of benzene rings is 1. The zero-order chi connectivity index (χ0) is 17.0. The molecule has 2 amide bonds. The quantitative estimate of drug-likeness (QED) is 0.894. The molecule has 1 saturated heterocycles. The van der Waals surface area contributed by atoms with E-state index in [0.717, 1.165) is 5.56 Å². The van der Waals surface area contributed by atoms with Crippen molar-refractivity contribution >= 4 is 6.03 Å². The summed E-state index contributed by atoms with van der Waals surface area (Å²) in [6, 6.07) is 4.31. The number of rotatable bonds is 4. The molecule has 0 radical (unpaired) electrons.